The lowest BCUT2D eigenvalue weighted by molar-refractivity contribution is 0.617. The Labute approximate surface area is 120 Å². The summed E-state index contributed by atoms with van der Waals surface area (Å²) in [6.45, 7) is 5.54. The number of halogens is 1. The van der Waals surface area contributed by atoms with Crippen molar-refractivity contribution in [2.24, 2.45) is 0 Å². The zero-order valence-corrected chi connectivity index (χ0v) is 13.2. The molecule has 1 aromatic rings. The summed E-state index contributed by atoms with van der Waals surface area (Å²) in [5, 5.41) is 3.53. The van der Waals surface area contributed by atoms with Crippen LogP contribution < -0.4 is 5.32 Å². The van der Waals surface area contributed by atoms with Gasteiger partial charge in [0.1, 0.15) is 0 Å². The second kappa shape index (κ2) is 8.78. The van der Waals surface area contributed by atoms with E-state index in [4.69, 9.17) is 0 Å². The fourth-order valence-electron chi connectivity index (χ4n) is 1.95. The maximum absolute atomic E-state index is 3.53. The fraction of sp³-hybridized carbons (Fsp3) is 0.600. The van der Waals surface area contributed by atoms with Crippen molar-refractivity contribution < 1.29 is 0 Å². The molecule has 0 aromatic heterocycles. The zero-order chi connectivity index (χ0) is 12.5. The summed E-state index contributed by atoms with van der Waals surface area (Å²) in [5.74, 6) is 0. The number of hydrogen-bond donors (Lipinski definition) is 1. The summed E-state index contributed by atoms with van der Waals surface area (Å²) >= 11 is 2.36. The summed E-state index contributed by atoms with van der Waals surface area (Å²) in [6.07, 6.45) is 8.16. The van der Waals surface area contributed by atoms with Gasteiger partial charge in [-0.3, -0.25) is 0 Å². The van der Waals surface area contributed by atoms with Gasteiger partial charge >= 0.3 is 0 Å². The smallest absolute Gasteiger partial charge is 0.0370 e. The largest absolute Gasteiger partial charge is 0.385 e. The molecule has 0 aliphatic rings. The Bertz CT molecular complexity index is 323. The Balaban J connectivity index is 2.14. The number of rotatable bonds is 8. The molecule has 17 heavy (non-hydrogen) atoms. The molecule has 0 unspecified atom stereocenters. The molecule has 1 aromatic carbocycles. The van der Waals surface area contributed by atoms with Gasteiger partial charge in [-0.2, -0.15) is 0 Å². The first kappa shape index (κ1) is 14.8. The first-order valence-corrected chi connectivity index (χ1v) is 7.82. The van der Waals surface area contributed by atoms with Crippen molar-refractivity contribution in [2.75, 3.05) is 11.9 Å². The second-order valence-electron chi connectivity index (χ2n) is 4.65. The van der Waals surface area contributed by atoms with Crippen molar-refractivity contribution >= 4 is 28.3 Å². The van der Waals surface area contributed by atoms with E-state index in [1.807, 2.05) is 0 Å². The summed E-state index contributed by atoms with van der Waals surface area (Å²) in [7, 11) is 0. The van der Waals surface area contributed by atoms with Crippen LogP contribution in [0.4, 0.5) is 5.69 Å². The predicted molar refractivity (Wildman–Crippen MR) is 85.8 cm³/mol. The number of aryl methyl sites for hydroxylation is 1. The minimum absolute atomic E-state index is 1.10. The minimum atomic E-state index is 1.10. The molecule has 0 aliphatic carbocycles. The van der Waals surface area contributed by atoms with E-state index in [9.17, 15) is 0 Å². The van der Waals surface area contributed by atoms with E-state index in [0.29, 0.717) is 0 Å². The summed E-state index contributed by atoms with van der Waals surface area (Å²) in [6, 6.07) is 6.58. The van der Waals surface area contributed by atoms with Crippen LogP contribution >= 0.6 is 22.6 Å². The standard InChI is InChI=1S/C15H24IN/c1-3-4-5-6-7-8-11-17-15-10-9-14(16)12-13(15)2/h9-10,12,17H,3-8,11H2,1-2H3. The molecular formula is C15H24IN. The van der Waals surface area contributed by atoms with Crippen LogP contribution in [0.3, 0.4) is 0 Å². The molecule has 1 rings (SSSR count). The van der Waals surface area contributed by atoms with Crippen LogP contribution in [0, 0.1) is 10.5 Å². The predicted octanol–water partition coefficient (Wildman–Crippen LogP) is 5.37. The maximum Gasteiger partial charge on any atom is 0.0370 e. The molecule has 0 spiro atoms. The third-order valence-corrected chi connectivity index (χ3v) is 3.71. The number of benzene rings is 1. The van der Waals surface area contributed by atoms with E-state index in [1.165, 1.54) is 53.3 Å². The van der Waals surface area contributed by atoms with Gasteiger partial charge in [-0.1, -0.05) is 39.0 Å². The van der Waals surface area contributed by atoms with Gasteiger partial charge in [0.15, 0.2) is 0 Å². The third-order valence-electron chi connectivity index (χ3n) is 3.03. The summed E-state index contributed by atoms with van der Waals surface area (Å²) < 4.78 is 1.31. The lowest BCUT2D eigenvalue weighted by atomic mass is 10.1. The quantitative estimate of drug-likeness (QED) is 0.493. The van der Waals surface area contributed by atoms with Crippen molar-refractivity contribution in [3.63, 3.8) is 0 Å². The molecule has 0 aliphatic heterocycles. The van der Waals surface area contributed by atoms with Crippen LogP contribution in [0.1, 0.15) is 51.0 Å². The molecule has 0 saturated carbocycles. The summed E-state index contributed by atoms with van der Waals surface area (Å²) in [5.41, 5.74) is 2.64. The second-order valence-corrected chi connectivity index (χ2v) is 5.90. The maximum atomic E-state index is 3.53. The Kier molecular flexibility index (Phi) is 7.65. The van der Waals surface area contributed by atoms with Crippen molar-refractivity contribution in [3.8, 4) is 0 Å². The number of unbranched alkanes of at least 4 members (excludes halogenated alkanes) is 5. The molecule has 96 valence electrons. The molecule has 1 N–H and O–H groups in total. The molecule has 2 heteroatoms. The minimum Gasteiger partial charge on any atom is -0.385 e. The summed E-state index contributed by atoms with van der Waals surface area (Å²) in [4.78, 5) is 0. The fourth-order valence-corrected chi connectivity index (χ4v) is 2.60. The first-order chi connectivity index (χ1) is 8.24. The van der Waals surface area contributed by atoms with Crippen molar-refractivity contribution in [3.05, 3.63) is 27.3 Å². The Morgan fingerprint density at radius 2 is 1.76 bits per heavy atom. The molecule has 0 atom stereocenters. The van der Waals surface area contributed by atoms with Crippen LogP contribution in [0.15, 0.2) is 18.2 Å². The lowest BCUT2D eigenvalue weighted by Crippen LogP contribution is -2.03. The van der Waals surface area contributed by atoms with E-state index >= 15 is 0 Å². The Morgan fingerprint density at radius 1 is 1.06 bits per heavy atom. The van der Waals surface area contributed by atoms with E-state index in [1.54, 1.807) is 0 Å². The average molecular weight is 345 g/mol. The molecule has 0 bridgehead atoms. The highest BCUT2D eigenvalue weighted by molar-refractivity contribution is 14.1. The van der Waals surface area contributed by atoms with Crippen LogP contribution in [0.5, 0.6) is 0 Å². The topological polar surface area (TPSA) is 12.0 Å². The lowest BCUT2D eigenvalue weighted by Gasteiger charge is -2.09. The monoisotopic (exact) mass is 345 g/mol. The third kappa shape index (κ3) is 6.29. The molecular weight excluding hydrogens is 321 g/mol. The molecule has 0 fully saturated rings. The first-order valence-electron chi connectivity index (χ1n) is 6.74. The van der Waals surface area contributed by atoms with E-state index in [0.717, 1.165) is 6.54 Å². The SMILES string of the molecule is CCCCCCCCNc1ccc(I)cc1C. The normalized spacial score (nSPS) is 10.5. The molecule has 0 heterocycles. The highest BCUT2D eigenvalue weighted by Crippen LogP contribution is 2.17. The number of anilines is 1. The van der Waals surface area contributed by atoms with Gasteiger partial charge in [-0.05, 0) is 59.7 Å². The molecule has 0 amide bonds. The van der Waals surface area contributed by atoms with Gasteiger partial charge in [-0.15, -0.1) is 0 Å². The van der Waals surface area contributed by atoms with Gasteiger partial charge in [0.2, 0.25) is 0 Å². The zero-order valence-electron chi connectivity index (χ0n) is 11.1. The van der Waals surface area contributed by atoms with Crippen LogP contribution in [-0.4, -0.2) is 6.54 Å². The van der Waals surface area contributed by atoms with Gasteiger partial charge in [-0.25, -0.2) is 0 Å². The van der Waals surface area contributed by atoms with Crippen molar-refractivity contribution in [2.45, 2.75) is 52.4 Å². The van der Waals surface area contributed by atoms with Crippen LogP contribution in [0.25, 0.3) is 0 Å². The van der Waals surface area contributed by atoms with Gasteiger partial charge < -0.3 is 5.32 Å². The van der Waals surface area contributed by atoms with Crippen LogP contribution in [0.2, 0.25) is 0 Å². The number of hydrogen-bond acceptors (Lipinski definition) is 1. The Morgan fingerprint density at radius 3 is 2.47 bits per heavy atom. The molecule has 0 saturated heterocycles. The van der Waals surface area contributed by atoms with Crippen molar-refractivity contribution in [1.29, 1.82) is 0 Å². The average Bonchev–Trinajstić information content (AvgIpc) is 2.30. The number of nitrogens with one attached hydrogen (secondary N) is 1. The highest BCUT2D eigenvalue weighted by atomic mass is 127. The van der Waals surface area contributed by atoms with E-state index < -0.39 is 0 Å². The van der Waals surface area contributed by atoms with Crippen LogP contribution in [-0.2, 0) is 0 Å². The molecule has 1 nitrogen and oxygen atoms in total. The molecule has 0 radical (unpaired) electrons. The van der Waals surface area contributed by atoms with E-state index in [-0.39, 0.29) is 0 Å². The van der Waals surface area contributed by atoms with Gasteiger partial charge in [0.05, 0.1) is 0 Å². The highest BCUT2D eigenvalue weighted by Gasteiger charge is 1.97. The Hall–Kier alpha value is -0.250. The van der Waals surface area contributed by atoms with Gasteiger partial charge in [0.25, 0.3) is 0 Å². The van der Waals surface area contributed by atoms with Crippen molar-refractivity contribution in [1.82, 2.24) is 0 Å². The van der Waals surface area contributed by atoms with E-state index in [2.05, 4.69) is 60.0 Å². The van der Waals surface area contributed by atoms with Gasteiger partial charge in [0, 0.05) is 15.8 Å².